The summed E-state index contributed by atoms with van der Waals surface area (Å²) in [6.07, 6.45) is 0.0196. The van der Waals surface area contributed by atoms with E-state index in [1.54, 1.807) is 50.4 Å². The molecule has 1 saturated heterocycles. The fraction of sp³-hybridized carbons (Fsp3) is 0.214. The summed E-state index contributed by atoms with van der Waals surface area (Å²) in [6, 6.07) is 9.91. The van der Waals surface area contributed by atoms with Gasteiger partial charge in [-0.3, -0.25) is 34.2 Å². The topological polar surface area (TPSA) is 138 Å². The molecule has 11 nitrogen and oxygen atoms in total. The van der Waals surface area contributed by atoms with E-state index in [4.69, 9.17) is 4.74 Å². The number of nitrogens with zero attached hydrogens (tertiary/aromatic N) is 3. The Morgan fingerprint density at radius 2 is 1.80 bits per heavy atom. The summed E-state index contributed by atoms with van der Waals surface area (Å²) in [5.74, 6) is -3.19. The van der Waals surface area contributed by atoms with Crippen LogP contribution in [-0.4, -0.2) is 59.1 Å². The van der Waals surface area contributed by atoms with Crippen LogP contribution in [0.25, 0.3) is 11.1 Å². The first-order valence-corrected chi connectivity index (χ1v) is 12.5. The minimum atomic E-state index is -1.12. The minimum Gasteiger partial charge on any atom is -0.482 e. The second kappa shape index (κ2) is 9.26. The number of carbonyl (C=O) groups is 5. The van der Waals surface area contributed by atoms with Crippen LogP contribution in [0.4, 0.5) is 21.5 Å². The van der Waals surface area contributed by atoms with E-state index in [2.05, 4.69) is 15.6 Å². The SMILES string of the molecule is Cc1ccc(-c2cc3c(cc2Nc2cccc4c2C(=O)N([C@H]2CCC(=O)NC2=O)C4=O)N(C)C(=O)CO3)c(F)n1. The third-order valence-corrected chi connectivity index (χ3v) is 7.20. The Balaban J connectivity index is 1.45. The van der Waals surface area contributed by atoms with Crippen molar-refractivity contribution in [3.8, 4) is 16.9 Å². The molecule has 2 aromatic carbocycles. The van der Waals surface area contributed by atoms with E-state index in [0.29, 0.717) is 28.4 Å². The summed E-state index contributed by atoms with van der Waals surface area (Å²) in [6.45, 7) is 1.48. The van der Waals surface area contributed by atoms with Crippen LogP contribution in [0.15, 0.2) is 42.5 Å². The van der Waals surface area contributed by atoms with Gasteiger partial charge in [0.25, 0.3) is 17.7 Å². The van der Waals surface area contributed by atoms with Crippen LogP contribution in [0.3, 0.4) is 0 Å². The molecule has 1 fully saturated rings. The van der Waals surface area contributed by atoms with Crippen LogP contribution in [0.1, 0.15) is 39.3 Å². The molecule has 0 aliphatic carbocycles. The number of pyridine rings is 1. The van der Waals surface area contributed by atoms with E-state index in [1.165, 1.54) is 11.0 Å². The largest absolute Gasteiger partial charge is 0.482 e. The molecule has 0 unspecified atom stereocenters. The molecule has 3 aromatic rings. The highest BCUT2D eigenvalue weighted by molar-refractivity contribution is 6.25. The number of benzene rings is 2. The monoisotopic (exact) mass is 543 g/mol. The van der Waals surface area contributed by atoms with Gasteiger partial charge in [0, 0.05) is 36.0 Å². The summed E-state index contributed by atoms with van der Waals surface area (Å²) in [4.78, 5) is 69.5. The molecule has 0 bridgehead atoms. The molecule has 5 amide bonds. The van der Waals surface area contributed by atoms with Crippen molar-refractivity contribution in [3.05, 3.63) is 65.2 Å². The quantitative estimate of drug-likeness (QED) is 0.379. The summed E-state index contributed by atoms with van der Waals surface area (Å²) in [5, 5.41) is 5.32. The van der Waals surface area contributed by atoms with Crippen LogP contribution in [-0.2, 0) is 14.4 Å². The zero-order valence-electron chi connectivity index (χ0n) is 21.4. The zero-order valence-corrected chi connectivity index (χ0v) is 21.4. The molecule has 0 saturated carbocycles. The summed E-state index contributed by atoms with van der Waals surface area (Å²) in [5.41, 5.74) is 2.07. The van der Waals surface area contributed by atoms with Crippen molar-refractivity contribution in [1.82, 2.24) is 15.2 Å². The highest BCUT2D eigenvalue weighted by atomic mass is 19.1. The maximum atomic E-state index is 15.1. The summed E-state index contributed by atoms with van der Waals surface area (Å²) >= 11 is 0. The molecule has 4 heterocycles. The van der Waals surface area contributed by atoms with Crippen molar-refractivity contribution in [3.63, 3.8) is 0 Å². The van der Waals surface area contributed by atoms with Gasteiger partial charge in [0.15, 0.2) is 6.61 Å². The lowest BCUT2D eigenvalue weighted by Crippen LogP contribution is -2.54. The fourth-order valence-electron chi connectivity index (χ4n) is 5.13. The number of carbonyl (C=O) groups excluding carboxylic acids is 5. The predicted molar refractivity (Wildman–Crippen MR) is 140 cm³/mol. The average Bonchev–Trinajstić information content (AvgIpc) is 3.17. The lowest BCUT2D eigenvalue weighted by atomic mass is 10.0. The summed E-state index contributed by atoms with van der Waals surface area (Å²) < 4.78 is 20.7. The second-order valence-electron chi connectivity index (χ2n) is 9.70. The Kier molecular flexibility index (Phi) is 5.82. The number of anilines is 3. The van der Waals surface area contributed by atoms with Crippen molar-refractivity contribution < 1.29 is 33.1 Å². The van der Waals surface area contributed by atoms with Crippen molar-refractivity contribution in [1.29, 1.82) is 0 Å². The predicted octanol–water partition coefficient (Wildman–Crippen LogP) is 2.70. The Bertz CT molecular complexity index is 1670. The van der Waals surface area contributed by atoms with Gasteiger partial charge in [0.2, 0.25) is 17.8 Å². The number of hydrogen-bond acceptors (Lipinski definition) is 8. The van der Waals surface area contributed by atoms with Gasteiger partial charge >= 0.3 is 0 Å². The normalized spacial score (nSPS) is 18.4. The van der Waals surface area contributed by atoms with E-state index in [0.717, 1.165) is 4.90 Å². The number of ether oxygens (including phenoxy) is 1. The average molecular weight is 544 g/mol. The van der Waals surface area contributed by atoms with E-state index in [-0.39, 0.29) is 47.7 Å². The number of aromatic nitrogens is 1. The van der Waals surface area contributed by atoms with E-state index in [9.17, 15) is 24.0 Å². The number of imide groups is 2. The lowest BCUT2D eigenvalue weighted by Gasteiger charge is -2.28. The second-order valence-corrected chi connectivity index (χ2v) is 9.70. The van der Waals surface area contributed by atoms with Crippen molar-refractivity contribution in [2.45, 2.75) is 25.8 Å². The lowest BCUT2D eigenvalue weighted by molar-refractivity contribution is -0.136. The van der Waals surface area contributed by atoms with Gasteiger partial charge in [-0.25, -0.2) is 4.98 Å². The molecule has 1 aromatic heterocycles. The first-order valence-electron chi connectivity index (χ1n) is 12.5. The molecule has 3 aliphatic rings. The van der Waals surface area contributed by atoms with Crippen molar-refractivity contribution >= 4 is 46.6 Å². The number of halogens is 1. The van der Waals surface area contributed by atoms with Gasteiger partial charge in [-0.15, -0.1) is 0 Å². The maximum absolute atomic E-state index is 15.1. The first kappa shape index (κ1) is 25.2. The molecule has 202 valence electrons. The highest BCUT2D eigenvalue weighted by Gasteiger charge is 2.45. The summed E-state index contributed by atoms with van der Waals surface area (Å²) in [7, 11) is 1.58. The molecule has 6 rings (SSSR count). The molecule has 3 aliphatic heterocycles. The molecule has 0 radical (unpaired) electrons. The number of piperidine rings is 1. The molecule has 0 spiro atoms. The number of rotatable bonds is 4. The molecule has 2 N–H and O–H groups in total. The fourth-order valence-corrected chi connectivity index (χ4v) is 5.13. The molecule has 40 heavy (non-hydrogen) atoms. The van der Waals surface area contributed by atoms with Gasteiger partial charge < -0.3 is 15.0 Å². The van der Waals surface area contributed by atoms with Gasteiger partial charge in [-0.2, -0.15) is 4.39 Å². The number of aryl methyl sites for hydroxylation is 1. The Morgan fingerprint density at radius 3 is 2.55 bits per heavy atom. The Hall–Kier alpha value is -5.13. The van der Waals surface area contributed by atoms with E-state index >= 15 is 4.39 Å². The maximum Gasteiger partial charge on any atom is 0.264 e. The molecular weight excluding hydrogens is 521 g/mol. The number of hydrogen-bond donors (Lipinski definition) is 2. The van der Waals surface area contributed by atoms with Gasteiger partial charge in [-0.05, 0) is 49.7 Å². The first-order chi connectivity index (χ1) is 19.1. The highest BCUT2D eigenvalue weighted by Crippen LogP contribution is 2.43. The molecule has 1 atom stereocenters. The molecule has 12 heteroatoms. The number of nitrogens with one attached hydrogen (secondary N) is 2. The minimum absolute atomic E-state index is 0.00212. The van der Waals surface area contributed by atoms with Gasteiger partial charge in [0.1, 0.15) is 11.8 Å². The Labute approximate surface area is 226 Å². The van der Waals surface area contributed by atoms with E-state index < -0.39 is 35.6 Å². The third kappa shape index (κ3) is 3.96. The molecular formula is C28H22FN5O6. The standard InChI is InChI=1S/C28H22FN5O6/c1-13-6-7-14(25(29)30-13)16-10-21-20(33(2)23(36)12-40-21)11-18(16)31-17-5-3-4-15-24(17)28(39)34(27(15)38)19-8-9-22(35)32-26(19)37/h3-7,10-11,19,31H,8-9,12H2,1-2H3,(H,32,35,37)/t19-/m0/s1. The van der Waals surface area contributed by atoms with Crippen molar-refractivity contribution in [2.75, 3.05) is 23.9 Å². The van der Waals surface area contributed by atoms with Crippen LogP contribution in [0.2, 0.25) is 0 Å². The van der Waals surface area contributed by atoms with Gasteiger partial charge in [-0.1, -0.05) is 6.07 Å². The smallest absolute Gasteiger partial charge is 0.264 e. The van der Waals surface area contributed by atoms with E-state index in [1.807, 2.05) is 0 Å². The van der Waals surface area contributed by atoms with Crippen LogP contribution < -0.4 is 20.3 Å². The third-order valence-electron chi connectivity index (χ3n) is 7.20. The van der Waals surface area contributed by atoms with Crippen LogP contribution in [0, 0.1) is 12.9 Å². The number of likely N-dealkylation sites (N-methyl/N-ethyl adjacent to an activating group) is 1. The number of fused-ring (bicyclic) bond motifs is 2. The zero-order chi connectivity index (χ0) is 28.3. The number of amides is 5. The van der Waals surface area contributed by atoms with Crippen LogP contribution in [0.5, 0.6) is 5.75 Å². The van der Waals surface area contributed by atoms with Gasteiger partial charge in [0.05, 0.1) is 22.5 Å². The Morgan fingerprint density at radius 1 is 1.00 bits per heavy atom. The van der Waals surface area contributed by atoms with Crippen molar-refractivity contribution in [2.24, 2.45) is 0 Å². The van der Waals surface area contributed by atoms with Crippen LogP contribution >= 0.6 is 0 Å².